The molecule has 18 heavy (non-hydrogen) atoms. The maximum absolute atomic E-state index is 10.5. The van der Waals surface area contributed by atoms with Crippen LogP contribution in [0.25, 0.3) is 0 Å². The molecule has 2 N–H and O–H groups in total. The molecule has 1 amide bonds. The molecule has 0 radical (unpaired) electrons. The number of hydrogen-bond donors (Lipinski definition) is 2. The Hall–Kier alpha value is -1.36. The highest BCUT2D eigenvalue weighted by atomic mass is 16.5. The summed E-state index contributed by atoms with van der Waals surface area (Å²) in [5, 5.41) is 10.8. The summed E-state index contributed by atoms with van der Waals surface area (Å²) in [5.74, 6) is -0.977. The van der Waals surface area contributed by atoms with Gasteiger partial charge in [-0.2, -0.15) is 0 Å². The molecule has 0 saturated heterocycles. The average Bonchev–Trinajstić information content (AvgIpc) is 2.35. The van der Waals surface area contributed by atoms with Gasteiger partial charge in [-0.15, -0.1) is 0 Å². The number of hydrogen-bond acceptors (Lipinski definition) is 3. The third kappa shape index (κ3) is 20.1. The summed E-state index contributed by atoms with van der Waals surface area (Å²) >= 11 is 0. The number of carbonyl (C=O) groups is 2. The normalized spacial score (nSPS) is 9.00. The fourth-order valence-corrected chi connectivity index (χ4v) is 0.866. The van der Waals surface area contributed by atoms with Crippen LogP contribution < -0.4 is 5.32 Å². The minimum atomic E-state index is -0.897. The quantitative estimate of drug-likeness (QED) is 0.490. The number of amides is 1. The first kappa shape index (κ1) is 19.0. The van der Waals surface area contributed by atoms with Crippen molar-refractivity contribution < 1.29 is 19.4 Å². The van der Waals surface area contributed by atoms with E-state index in [0.29, 0.717) is 6.61 Å². The van der Waals surface area contributed by atoms with Gasteiger partial charge in [0.1, 0.15) is 6.61 Å². The van der Waals surface area contributed by atoms with Gasteiger partial charge in [-0.3, -0.25) is 4.79 Å². The smallest absolute Gasteiger partial charge is 0.329 e. The van der Waals surface area contributed by atoms with Crippen LogP contribution in [0.15, 0.2) is 12.7 Å². The van der Waals surface area contributed by atoms with Crippen molar-refractivity contribution in [2.75, 3.05) is 19.8 Å². The lowest BCUT2D eigenvalue weighted by atomic mass is 10.3. The lowest BCUT2D eigenvalue weighted by molar-refractivity contribution is -0.142. The van der Waals surface area contributed by atoms with Gasteiger partial charge < -0.3 is 15.2 Å². The molecule has 0 atom stereocenters. The van der Waals surface area contributed by atoms with Crippen LogP contribution >= 0.6 is 0 Å². The van der Waals surface area contributed by atoms with Crippen LogP contribution in [0.3, 0.4) is 0 Å². The van der Waals surface area contributed by atoms with Crippen molar-refractivity contribution in [3.05, 3.63) is 12.7 Å². The van der Waals surface area contributed by atoms with Crippen LogP contribution in [0, 0.1) is 0 Å². The Morgan fingerprint density at radius 3 is 2.33 bits per heavy atom. The first-order valence-corrected chi connectivity index (χ1v) is 6.28. The lowest BCUT2D eigenvalue weighted by Crippen LogP contribution is -2.21. The van der Waals surface area contributed by atoms with Crippen molar-refractivity contribution in [2.24, 2.45) is 0 Å². The molecule has 0 heterocycles. The zero-order valence-electron chi connectivity index (χ0n) is 11.4. The molecule has 5 heteroatoms. The second-order valence-corrected chi connectivity index (χ2v) is 3.65. The van der Waals surface area contributed by atoms with E-state index in [-0.39, 0.29) is 12.5 Å². The predicted molar refractivity (Wildman–Crippen MR) is 71.5 cm³/mol. The first-order valence-electron chi connectivity index (χ1n) is 6.28. The number of unbranched alkanes of at least 4 members (excludes halogenated alkanes) is 2. The van der Waals surface area contributed by atoms with Gasteiger partial charge in [-0.05, 0) is 18.9 Å². The van der Waals surface area contributed by atoms with Gasteiger partial charge in [0.25, 0.3) is 0 Å². The van der Waals surface area contributed by atoms with Gasteiger partial charge in [-0.25, -0.2) is 4.79 Å². The summed E-state index contributed by atoms with van der Waals surface area (Å²) in [6, 6.07) is 0. The summed E-state index contributed by atoms with van der Waals surface area (Å²) in [7, 11) is 0. The summed E-state index contributed by atoms with van der Waals surface area (Å²) in [5.41, 5.74) is 0. The largest absolute Gasteiger partial charge is 0.480 e. The molecule has 0 aromatic carbocycles. The standard InChI is InChI=1S/C7H13NO.C6H12O3/c1-3-5-6-8-7(9)4-2;1-2-3-4-9-5-6(7)8/h4H,2-3,5-6H2,1H3,(H,8,9);2-5H2,1H3,(H,7,8). The van der Waals surface area contributed by atoms with E-state index in [4.69, 9.17) is 9.84 Å². The molecule has 0 fully saturated rings. The van der Waals surface area contributed by atoms with Crippen molar-refractivity contribution in [1.29, 1.82) is 0 Å². The minimum Gasteiger partial charge on any atom is -0.480 e. The Morgan fingerprint density at radius 1 is 1.28 bits per heavy atom. The first-order chi connectivity index (χ1) is 8.58. The second kappa shape index (κ2) is 15.6. The van der Waals surface area contributed by atoms with Crippen LogP contribution in [0.4, 0.5) is 0 Å². The fraction of sp³-hybridized carbons (Fsp3) is 0.692. The van der Waals surface area contributed by atoms with Gasteiger partial charge in [0, 0.05) is 13.2 Å². The highest BCUT2D eigenvalue weighted by molar-refractivity contribution is 5.86. The second-order valence-electron chi connectivity index (χ2n) is 3.65. The minimum absolute atomic E-state index is 0.0801. The van der Waals surface area contributed by atoms with Crippen LogP contribution in [-0.2, 0) is 14.3 Å². The SMILES string of the molecule is C=CC(=O)NCCCC.CCCCOCC(=O)O. The number of carbonyl (C=O) groups excluding carboxylic acids is 1. The van der Waals surface area contributed by atoms with Crippen LogP contribution in [0.1, 0.15) is 39.5 Å². The van der Waals surface area contributed by atoms with E-state index in [1.54, 1.807) is 0 Å². The number of rotatable bonds is 9. The molecule has 0 aliphatic heterocycles. The van der Waals surface area contributed by atoms with Crippen LogP contribution in [0.2, 0.25) is 0 Å². The predicted octanol–water partition coefficient (Wildman–Crippen LogP) is 1.98. The Kier molecular flexibility index (Phi) is 16.5. The van der Waals surface area contributed by atoms with E-state index in [9.17, 15) is 9.59 Å². The molecule has 0 spiro atoms. The van der Waals surface area contributed by atoms with Crippen molar-refractivity contribution in [1.82, 2.24) is 5.32 Å². The number of nitrogens with one attached hydrogen (secondary N) is 1. The van der Waals surface area contributed by atoms with Crippen molar-refractivity contribution in [3.63, 3.8) is 0 Å². The lowest BCUT2D eigenvalue weighted by Gasteiger charge is -1.97. The Balaban J connectivity index is 0. The Labute approximate surface area is 109 Å². The number of carboxylic acid groups (broad SMARTS) is 1. The van der Waals surface area contributed by atoms with E-state index in [2.05, 4.69) is 18.8 Å². The van der Waals surface area contributed by atoms with Crippen molar-refractivity contribution in [2.45, 2.75) is 39.5 Å². The van der Waals surface area contributed by atoms with Gasteiger partial charge in [0.2, 0.25) is 5.91 Å². The third-order valence-electron chi connectivity index (χ3n) is 1.88. The van der Waals surface area contributed by atoms with Crippen LogP contribution in [0.5, 0.6) is 0 Å². The van der Waals surface area contributed by atoms with Crippen molar-refractivity contribution in [3.8, 4) is 0 Å². The molecule has 0 saturated carbocycles. The van der Waals surface area contributed by atoms with E-state index in [1.165, 1.54) is 6.08 Å². The Morgan fingerprint density at radius 2 is 1.89 bits per heavy atom. The molecule has 0 aromatic heterocycles. The monoisotopic (exact) mass is 259 g/mol. The summed E-state index contributed by atoms with van der Waals surface area (Å²) < 4.78 is 4.74. The molecular formula is C13H25NO4. The number of carboxylic acids is 1. The average molecular weight is 259 g/mol. The molecule has 0 aromatic rings. The maximum atomic E-state index is 10.5. The van der Waals surface area contributed by atoms with E-state index < -0.39 is 5.97 Å². The van der Waals surface area contributed by atoms with Crippen LogP contribution in [-0.4, -0.2) is 36.7 Å². The molecule has 0 aliphatic carbocycles. The molecule has 0 bridgehead atoms. The van der Waals surface area contributed by atoms with E-state index in [0.717, 1.165) is 32.2 Å². The molecule has 5 nitrogen and oxygen atoms in total. The summed E-state index contributed by atoms with van der Waals surface area (Å²) in [4.78, 5) is 20.3. The maximum Gasteiger partial charge on any atom is 0.329 e. The summed E-state index contributed by atoms with van der Waals surface area (Å²) in [6.45, 7) is 8.60. The number of ether oxygens (including phenoxy) is 1. The van der Waals surface area contributed by atoms with Gasteiger partial charge in [-0.1, -0.05) is 33.3 Å². The van der Waals surface area contributed by atoms with E-state index in [1.807, 2.05) is 6.92 Å². The zero-order chi connectivity index (χ0) is 14.2. The highest BCUT2D eigenvalue weighted by Gasteiger charge is 1.93. The Bertz CT molecular complexity index is 229. The van der Waals surface area contributed by atoms with Gasteiger partial charge in [0.15, 0.2) is 0 Å². The molecule has 0 rings (SSSR count). The number of aliphatic carboxylic acids is 1. The zero-order valence-corrected chi connectivity index (χ0v) is 11.4. The third-order valence-corrected chi connectivity index (χ3v) is 1.88. The van der Waals surface area contributed by atoms with Gasteiger partial charge >= 0.3 is 5.97 Å². The fourth-order valence-electron chi connectivity index (χ4n) is 0.866. The topological polar surface area (TPSA) is 75.6 Å². The van der Waals surface area contributed by atoms with E-state index >= 15 is 0 Å². The van der Waals surface area contributed by atoms with Gasteiger partial charge in [0.05, 0.1) is 0 Å². The molecule has 0 aliphatic rings. The van der Waals surface area contributed by atoms with Crippen molar-refractivity contribution >= 4 is 11.9 Å². The molecular weight excluding hydrogens is 234 g/mol. The summed E-state index contributed by atoms with van der Waals surface area (Å²) in [6.07, 6.45) is 5.42. The molecule has 106 valence electrons. The highest BCUT2D eigenvalue weighted by Crippen LogP contribution is 1.86. The molecule has 0 unspecified atom stereocenters.